The predicted molar refractivity (Wildman–Crippen MR) is 95.7 cm³/mol. The average Bonchev–Trinajstić information content (AvgIpc) is 2.78. The maximum absolute atomic E-state index is 12.1. The highest BCUT2D eigenvalue weighted by Gasteiger charge is 2.47. The van der Waals surface area contributed by atoms with Crippen molar-refractivity contribution in [2.75, 3.05) is 0 Å². The van der Waals surface area contributed by atoms with E-state index in [1.54, 1.807) is 0 Å². The van der Waals surface area contributed by atoms with Gasteiger partial charge in [0.1, 0.15) is 0 Å². The van der Waals surface area contributed by atoms with Crippen LogP contribution in [0.5, 0.6) is 0 Å². The second kappa shape index (κ2) is 5.92. The molecule has 2 aromatic rings. The first-order valence-electron chi connectivity index (χ1n) is 8.06. The fourth-order valence-corrected chi connectivity index (χ4v) is 11.2. The molecular formula is C18H27N2OSi. The zero-order chi connectivity index (χ0) is 16.7. The van der Waals surface area contributed by atoms with Crippen molar-refractivity contribution in [3.63, 3.8) is 0 Å². The molecule has 3 nitrogen and oxygen atoms in total. The van der Waals surface area contributed by atoms with E-state index in [4.69, 9.17) is 5.73 Å². The van der Waals surface area contributed by atoms with Gasteiger partial charge in [0.15, 0.2) is 8.24 Å². The van der Waals surface area contributed by atoms with Gasteiger partial charge in [0.25, 0.3) is 5.91 Å². The van der Waals surface area contributed by atoms with Gasteiger partial charge >= 0.3 is 0 Å². The quantitative estimate of drug-likeness (QED) is 0.808. The van der Waals surface area contributed by atoms with E-state index in [9.17, 15) is 4.79 Å². The van der Waals surface area contributed by atoms with Crippen LogP contribution >= 0.6 is 0 Å². The minimum atomic E-state index is -2.02. The van der Waals surface area contributed by atoms with Gasteiger partial charge in [0, 0.05) is 10.9 Å². The van der Waals surface area contributed by atoms with E-state index in [-0.39, 0.29) is 5.91 Å². The Bertz CT molecular complexity index is 664. The van der Waals surface area contributed by atoms with Crippen LogP contribution in [-0.4, -0.2) is 18.4 Å². The predicted octanol–water partition coefficient (Wildman–Crippen LogP) is 4.56. The maximum Gasteiger partial charge on any atom is 0.264 e. The molecule has 4 heteroatoms. The van der Waals surface area contributed by atoms with Crippen LogP contribution in [0.1, 0.15) is 52.0 Å². The van der Waals surface area contributed by atoms with Crippen LogP contribution in [0.3, 0.4) is 0 Å². The molecule has 1 heterocycles. The lowest BCUT2D eigenvalue weighted by Gasteiger charge is -2.45. The van der Waals surface area contributed by atoms with Gasteiger partial charge in [-0.05, 0) is 40.9 Å². The first kappa shape index (κ1) is 16.8. The van der Waals surface area contributed by atoms with E-state index >= 15 is 0 Å². The van der Waals surface area contributed by atoms with Gasteiger partial charge in [0.2, 0.25) is 0 Å². The minimum Gasteiger partial charge on any atom is -0.364 e. The van der Waals surface area contributed by atoms with E-state index in [1.807, 2.05) is 18.2 Å². The Kier molecular flexibility index (Phi) is 4.52. The van der Waals surface area contributed by atoms with Gasteiger partial charge < -0.3 is 9.97 Å². The number of aromatic nitrogens is 1. The first-order chi connectivity index (χ1) is 10.2. The van der Waals surface area contributed by atoms with Crippen LogP contribution < -0.4 is 5.73 Å². The molecule has 0 spiro atoms. The van der Waals surface area contributed by atoms with Crippen LogP contribution in [0.2, 0.25) is 16.6 Å². The normalized spacial score (nSPS) is 12.8. The fraction of sp³-hybridized carbons (Fsp3) is 0.500. The Morgan fingerprint density at radius 3 is 2.14 bits per heavy atom. The number of fused-ring (bicyclic) bond motifs is 1. The van der Waals surface area contributed by atoms with Crippen molar-refractivity contribution >= 4 is 25.0 Å². The summed E-state index contributed by atoms with van der Waals surface area (Å²) in [6.45, 7) is 13.7. The van der Waals surface area contributed by atoms with E-state index in [0.717, 1.165) is 10.9 Å². The number of nitrogens with two attached hydrogens (primary N) is 1. The number of rotatable bonds is 5. The Balaban J connectivity index is 2.95. The third kappa shape index (κ3) is 2.30. The van der Waals surface area contributed by atoms with Crippen molar-refractivity contribution in [2.24, 2.45) is 5.73 Å². The molecule has 0 unspecified atom stereocenters. The highest BCUT2D eigenvalue weighted by molar-refractivity contribution is 6.83. The molecule has 119 valence electrons. The zero-order valence-electron chi connectivity index (χ0n) is 14.5. The first-order valence-corrected chi connectivity index (χ1v) is 10.2. The lowest BCUT2D eigenvalue weighted by Crippen LogP contribution is -2.53. The molecule has 0 atom stereocenters. The van der Waals surface area contributed by atoms with Crippen molar-refractivity contribution in [1.29, 1.82) is 0 Å². The molecule has 1 amide bonds. The van der Waals surface area contributed by atoms with Crippen molar-refractivity contribution < 1.29 is 4.79 Å². The summed E-state index contributed by atoms with van der Waals surface area (Å²) in [5, 5.41) is 1.05. The Labute approximate surface area is 134 Å². The van der Waals surface area contributed by atoms with E-state index < -0.39 is 8.24 Å². The summed E-state index contributed by atoms with van der Waals surface area (Å²) in [5.74, 6) is -0.338. The Hall–Kier alpha value is -1.55. The molecular weight excluding hydrogens is 288 g/mol. The number of benzene rings is 1. The lowest BCUT2D eigenvalue weighted by atomic mass is 10.2. The molecule has 1 radical (unpaired) electrons. The van der Waals surface area contributed by atoms with Crippen LogP contribution in [-0.2, 0) is 0 Å². The van der Waals surface area contributed by atoms with Gasteiger partial charge in [-0.2, -0.15) is 0 Å². The summed E-state index contributed by atoms with van der Waals surface area (Å²) in [5.41, 5.74) is 9.01. The highest BCUT2D eigenvalue weighted by atomic mass is 28.3. The second-order valence-corrected chi connectivity index (χ2v) is 12.8. The second-order valence-electron chi connectivity index (χ2n) is 7.07. The van der Waals surface area contributed by atoms with Crippen LogP contribution in [0, 0.1) is 6.07 Å². The summed E-state index contributed by atoms with van der Waals surface area (Å²) in [7, 11) is -2.02. The largest absolute Gasteiger partial charge is 0.364 e. The van der Waals surface area contributed by atoms with Gasteiger partial charge in [-0.3, -0.25) is 4.79 Å². The highest BCUT2D eigenvalue weighted by Crippen LogP contribution is 2.45. The third-order valence-electron chi connectivity index (χ3n) is 5.06. The molecule has 0 aliphatic carbocycles. The number of primary amides is 1. The molecule has 22 heavy (non-hydrogen) atoms. The summed E-state index contributed by atoms with van der Waals surface area (Å²) >= 11 is 0. The van der Waals surface area contributed by atoms with Crippen molar-refractivity contribution in [3.05, 3.63) is 36.0 Å². The Morgan fingerprint density at radius 2 is 1.68 bits per heavy atom. The van der Waals surface area contributed by atoms with Gasteiger partial charge in [-0.25, -0.2) is 0 Å². The van der Waals surface area contributed by atoms with Crippen LogP contribution in [0.4, 0.5) is 0 Å². The van der Waals surface area contributed by atoms with Crippen molar-refractivity contribution in [1.82, 2.24) is 4.23 Å². The van der Waals surface area contributed by atoms with Gasteiger partial charge in [-0.15, -0.1) is 0 Å². The van der Waals surface area contributed by atoms with Gasteiger partial charge in [-0.1, -0.05) is 47.6 Å². The SMILES string of the molecule is CC(C)[Si](C(C)C)(C(C)C)n1c(C(N)=O)cc2c[c]ccc21. The van der Waals surface area contributed by atoms with E-state index in [0.29, 0.717) is 22.3 Å². The summed E-state index contributed by atoms with van der Waals surface area (Å²) in [4.78, 5) is 12.1. The smallest absolute Gasteiger partial charge is 0.264 e. The fourth-order valence-electron chi connectivity index (χ4n) is 4.47. The molecule has 2 rings (SSSR count). The summed E-state index contributed by atoms with van der Waals surface area (Å²) in [6.07, 6.45) is 0. The summed E-state index contributed by atoms with van der Waals surface area (Å²) in [6, 6.07) is 11.0. The molecule has 1 aromatic heterocycles. The molecule has 0 saturated heterocycles. The molecule has 0 aliphatic rings. The Morgan fingerprint density at radius 1 is 1.14 bits per heavy atom. The average molecular weight is 316 g/mol. The molecule has 0 bridgehead atoms. The summed E-state index contributed by atoms with van der Waals surface area (Å²) < 4.78 is 2.33. The van der Waals surface area contributed by atoms with Crippen molar-refractivity contribution in [3.8, 4) is 0 Å². The lowest BCUT2D eigenvalue weighted by molar-refractivity contribution is 0.0994. The third-order valence-corrected chi connectivity index (χ3v) is 11.9. The van der Waals surface area contributed by atoms with Gasteiger partial charge in [0.05, 0.1) is 5.69 Å². The van der Waals surface area contributed by atoms with E-state index in [1.165, 1.54) is 0 Å². The van der Waals surface area contributed by atoms with Crippen LogP contribution in [0.25, 0.3) is 10.9 Å². The number of nitrogens with zero attached hydrogens (tertiary/aromatic N) is 1. The number of hydrogen-bond acceptors (Lipinski definition) is 1. The zero-order valence-corrected chi connectivity index (χ0v) is 15.5. The number of carbonyl (C=O) groups excluding carboxylic acids is 1. The number of hydrogen-bond donors (Lipinski definition) is 1. The molecule has 0 aliphatic heterocycles. The topological polar surface area (TPSA) is 48.0 Å². The molecule has 1 aromatic carbocycles. The number of carbonyl (C=O) groups is 1. The molecule has 0 fully saturated rings. The minimum absolute atomic E-state index is 0.338. The molecule has 0 saturated carbocycles. The van der Waals surface area contributed by atoms with E-state index in [2.05, 4.69) is 57.9 Å². The van der Waals surface area contributed by atoms with Crippen molar-refractivity contribution in [2.45, 2.75) is 58.2 Å². The standard InChI is InChI=1S/C18H27N2OSi/c1-12(2)22(13(3)4,14(5)6)20-16-10-8-7-9-15(16)11-17(20)18(19)21/h8-14H,1-6H3,(H2,19,21). The van der Waals surface area contributed by atoms with Crippen LogP contribution in [0.15, 0.2) is 24.3 Å². The number of amides is 1. The molecule has 2 N–H and O–H groups in total. The monoisotopic (exact) mass is 315 g/mol. The maximum atomic E-state index is 12.1.